The van der Waals surface area contributed by atoms with Gasteiger partial charge in [0.15, 0.2) is 0 Å². The Hall–Kier alpha value is -2.36. The fraction of sp³-hybridized carbons (Fsp3) is 0.625. The maximum atomic E-state index is 11.0. The van der Waals surface area contributed by atoms with Gasteiger partial charge in [0.1, 0.15) is 13.1 Å². The number of benzene rings is 2. The largest absolute Gasteiger partial charge is 1.00 e. The van der Waals surface area contributed by atoms with Gasteiger partial charge in [-0.15, -0.1) is 0 Å². The van der Waals surface area contributed by atoms with Crippen molar-refractivity contribution >= 4 is 11.4 Å². The molecule has 2 saturated heterocycles. The first-order valence-corrected chi connectivity index (χ1v) is 15.4. The maximum Gasteiger partial charge on any atom is 0.269 e. The molecule has 0 spiro atoms. The van der Waals surface area contributed by atoms with Gasteiger partial charge < -0.3 is 25.9 Å². The number of rotatable bonds is 13. The monoisotopic (exact) mass is 631 g/mol. The molecule has 2 aromatic rings. The highest BCUT2D eigenvalue weighted by Crippen LogP contribution is 2.34. The predicted octanol–water partition coefficient (Wildman–Crippen LogP) is 4.26. The van der Waals surface area contributed by atoms with Crippen LogP contribution in [0.5, 0.6) is 0 Å². The zero-order chi connectivity index (χ0) is 28.6. The van der Waals surface area contributed by atoms with E-state index in [1.54, 1.807) is 24.3 Å². The lowest BCUT2D eigenvalue weighted by Gasteiger charge is -2.45. The van der Waals surface area contributed by atoms with Gasteiger partial charge >= 0.3 is 0 Å². The van der Waals surface area contributed by atoms with Crippen LogP contribution < -0.4 is 17.0 Å². The Morgan fingerprint density at radius 2 is 0.951 bits per heavy atom. The van der Waals surface area contributed by atoms with Crippen LogP contribution in [-0.2, 0) is 13.1 Å². The van der Waals surface area contributed by atoms with Crippen LogP contribution in [0.15, 0.2) is 48.5 Å². The average molecular weight is 633 g/mol. The third-order valence-corrected chi connectivity index (χ3v) is 9.76. The molecule has 2 aromatic carbocycles. The van der Waals surface area contributed by atoms with E-state index in [1.807, 2.05) is 24.3 Å². The number of halogens is 1. The molecule has 0 amide bonds. The molecule has 41 heavy (non-hydrogen) atoms. The first-order valence-electron chi connectivity index (χ1n) is 15.4. The summed E-state index contributed by atoms with van der Waals surface area (Å²) in [7, 11) is 0. The van der Waals surface area contributed by atoms with Crippen LogP contribution in [0.25, 0.3) is 0 Å². The third-order valence-electron chi connectivity index (χ3n) is 9.76. The van der Waals surface area contributed by atoms with Gasteiger partial charge in [0.05, 0.1) is 49.1 Å². The molecule has 2 aliphatic rings. The minimum atomic E-state index is -0.320. The summed E-state index contributed by atoms with van der Waals surface area (Å²) in [5.74, 6) is 1.63. The van der Waals surface area contributed by atoms with Crippen molar-refractivity contribution in [2.75, 3.05) is 39.3 Å². The minimum absolute atomic E-state index is 0. The van der Waals surface area contributed by atoms with Crippen LogP contribution in [0.4, 0.5) is 11.4 Å². The Kier molecular flexibility index (Phi) is 12.3. The molecule has 0 aliphatic carbocycles. The van der Waals surface area contributed by atoms with Crippen molar-refractivity contribution < 1.29 is 35.8 Å². The highest BCUT2D eigenvalue weighted by Gasteiger charge is 2.36. The van der Waals surface area contributed by atoms with E-state index < -0.39 is 0 Å². The Morgan fingerprint density at radius 1 is 0.634 bits per heavy atom. The van der Waals surface area contributed by atoms with Crippen LogP contribution in [0.1, 0.15) is 76.3 Å². The van der Waals surface area contributed by atoms with Crippen molar-refractivity contribution in [3.63, 3.8) is 0 Å². The van der Waals surface area contributed by atoms with E-state index in [1.165, 1.54) is 88.9 Å². The molecule has 0 N–H and O–H groups in total. The van der Waals surface area contributed by atoms with Crippen molar-refractivity contribution in [2.45, 2.75) is 78.3 Å². The van der Waals surface area contributed by atoms with Gasteiger partial charge in [-0.1, -0.05) is 13.8 Å². The second-order valence-electron chi connectivity index (χ2n) is 12.7. The Balaban J connectivity index is 0.00000462. The Bertz CT molecular complexity index is 1020. The molecule has 9 heteroatoms. The molecule has 0 bridgehead atoms. The summed E-state index contributed by atoms with van der Waals surface area (Å²) in [6.07, 6.45) is 10.2. The molecule has 0 unspecified atom stereocenters. The maximum absolute atomic E-state index is 11.0. The summed E-state index contributed by atoms with van der Waals surface area (Å²) in [5, 5.41) is 22.1. The summed E-state index contributed by atoms with van der Waals surface area (Å²) in [4.78, 5) is 21.4. The number of nitro benzene ring substituents is 2. The number of likely N-dealkylation sites (tertiary alicyclic amines) is 2. The molecular weight excluding hydrogens is 584 g/mol. The Morgan fingerprint density at radius 3 is 1.22 bits per heavy atom. The molecule has 0 radical (unpaired) electrons. The first kappa shape index (κ1) is 33.1. The number of hydrogen-bond donors (Lipinski definition) is 0. The van der Waals surface area contributed by atoms with Gasteiger partial charge in [-0.2, -0.15) is 0 Å². The second-order valence-corrected chi connectivity index (χ2v) is 12.7. The smallest absolute Gasteiger partial charge is 0.269 e. The quantitative estimate of drug-likeness (QED) is 0.188. The van der Waals surface area contributed by atoms with Gasteiger partial charge in [-0.05, 0) is 87.5 Å². The normalized spacial score (nSPS) is 26.2. The van der Waals surface area contributed by atoms with Gasteiger partial charge in [-0.25, -0.2) is 0 Å². The molecule has 2 aliphatic heterocycles. The van der Waals surface area contributed by atoms with E-state index in [0.717, 1.165) is 46.7 Å². The van der Waals surface area contributed by atoms with Gasteiger partial charge in [-0.3, -0.25) is 20.2 Å². The first-order chi connectivity index (χ1) is 19.3. The van der Waals surface area contributed by atoms with E-state index in [-0.39, 0.29) is 38.2 Å². The third kappa shape index (κ3) is 9.06. The number of nitrogens with zero attached hydrogens (tertiary/aromatic N) is 4. The second kappa shape index (κ2) is 15.2. The van der Waals surface area contributed by atoms with Crippen LogP contribution in [0.2, 0.25) is 0 Å². The molecule has 2 heterocycles. The fourth-order valence-electron chi connectivity index (χ4n) is 7.48. The molecule has 226 valence electrons. The Labute approximate surface area is 256 Å². The number of piperidine rings is 2. The van der Waals surface area contributed by atoms with Crippen molar-refractivity contribution in [2.24, 2.45) is 11.8 Å². The molecule has 4 rings (SSSR count). The SMILES string of the molecule is CCC[N+]1(Cc2ccc([N+](=O)[O-])cc2)CCC(CCC2CC[N+](CCC)(Cc3ccc([N+](=O)[O-])cc3)CC2)CC1.[Br-]. The molecule has 0 aromatic heterocycles. The number of non-ortho nitro benzene ring substituents is 2. The highest BCUT2D eigenvalue weighted by molar-refractivity contribution is 5.33. The van der Waals surface area contributed by atoms with Crippen molar-refractivity contribution in [1.82, 2.24) is 0 Å². The molecule has 2 fully saturated rings. The summed E-state index contributed by atoms with van der Waals surface area (Å²) < 4.78 is 2.24. The molecular formula is C32H48BrN4O4+. The standard InChI is InChI=1S/C32H48N4O4.BrH/c1-3-19-35(25-29-7-11-31(12-8-29)33(37)38)21-15-27(16-22-35)5-6-28-17-23-36(20-4-2,24-18-28)26-30-9-13-32(14-10-30)34(39)40;/h7-14,27-28H,3-6,15-26H2,1-2H3;1H/q+2;/p-1. The lowest BCUT2D eigenvalue weighted by Crippen LogP contribution is -3.00. The lowest BCUT2D eigenvalue weighted by atomic mass is 9.83. The minimum Gasteiger partial charge on any atom is -1.00 e. The number of quaternary nitrogens is 2. The van der Waals surface area contributed by atoms with E-state index in [2.05, 4.69) is 13.8 Å². The average Bonchev–Trinajstić information content (AvgIpc) is 2.94. The van der Waals surface area contributed by atoms with Crippen LogP contribution in [-0.4, -0.2) is 58.1 Å². The van der Waals surface area contributed by atoms with E-state index in [9.17, 15) is 20.2 Å². The molecule has 0 saturated carbocycles. The summed E-state index contributed by atoms with van der Waals surface area (Å²) in [5.41, 5.74) is 2.76. The number of hydrogen-bond acceptors (Lipinski definition) is 4. The van der Waals surface area contributed by atoms with E-state index in [4.69, 9.17) is 0 Å². The van der Waals surface area contributed by atoms with Gasteiger partial charge in [0, 0.05) is 35.4 Å². The summed E-state index contributed by atoms with van der Waals surface area (Å²) in [6, 6.07) is 14.4. The van der Waals surface area contributed by atoms with Crippen LogP contribution in [0.3, 0.4) is 0 Å². The molecule has 0 atom stereocenters. The summed E-state index contributed by atoms with van der Waals surface area (Å²) in [6.45, 7) is 13.7. The topological polar surface area (TPSA) is 86.3 Å². The zero-order valence-electron chi connectivity index (χ0n) is 24.9. The van der Waals surface area contributed by atoms with Crippen molar-refractivity contribution in [1.29, 1.82) is 0 Å². The van der Waals surface area contributed by atoms with Gasteiger partial charge in [0.25, 0.3) is 11.4 Å². The van der Waals surface area contributed by atoms with Crippen molar-refractivity contribution in [3.05, 3.63) is 79.9 Å². The summed E-state index contributed by atoms with van der Waals surface area (Å²) >= 11 is 0. The fourth-order valence-corrected chi connectivity index (χ4v) is 7.48. The zero-order valence-corrected chi connectivity index (χ0v) is 26.5. The molecule has 8 nitrogen and oxygen atoms in total. The number of nitro groups is 2. The van der Waals surface area contributed by atoms with Crippen molar-refractivity contribution in [3.8, 4) is 0 Å². The van der Waals surface area contributed by atoms with Crippen LogP contribution >= 0.6 is 0 Å². The predicted molar refractivity (Wildman–Crippen MR) is 159 cm³/mol. The van der Waals surface area contributed by atoms with E-state index in [0.29, 0.717) is 0 Å². The van der Waals surface area contributed by atoms with Gasteiger partial charge in [0.2, 0.25) is 0 Å². The lowest BCUT2D eigenvalue weighted by molar-refractivity contribution is -0.946. The highest BCUT2D eigenvalue weighted by atomic mass is 79.9. The van der Waals surface area contributed by atoms with E-state index >= 15 is 0 Å². The van der Waals surface area contributed by atoms with Crippen LogP contribution in [0, 0.1) is 32.1 Å².